The molecule has 6 nitrogen and oxygen atoms in total. The van der Waals surface area contributed by atoms with Crippen LogP contribution in [0.5, 0.6) is 11.5 Å². The molecule has 1 aliphatic heterocycles. The van der Waals surface area contributed by atoms with Crippen molar-refractivity contribution >= 4 is 28.4 Å². The maximum atomic E-state index is 10.5. The number of amidine groups is 1. The summed E-state index contributed by atoms with van der Waals surface area (Å²) in [7, 11) is 3.16. The summed E-state index contributed by atoms with van der Waals surface area (Å²) < 4.78 is 10.6. The fourth-order valence-electron chi connectivity index (χ4n) is 2.71. The topological polar surface area (TPSA) is 78.7 Å². The Kier molecular flexibility index (Phi) is 4.66. The average molecular weight is 373 g/mol. The van der Waals surface area contributed by atoms with Crippen LogP contribution in [0.25, 0.3) is 5.57 Å². The molecule has 0 spiro atoms. The Morgan fingerprint density at radius 1 is 1.15 bits per heavy atom. The predicted octanol–water partition coefficient (Wildman–Crippen LogP) is 4.22. The molecule has 0 saturated heterocycles. The molecule has 1 aliphatic rings. The number of methoxy groups -OCH3 is 2. The van der Waals surface area contributed by atoms with Gasteiger partial charge in [0.1, 0.15) is 28.1 Å². The second-order valence-electron chi connectivity index (χ2n) is 7.12. The van der Waals surface area contributed by atoms with Crippen molar-refractivity contribution in [2.75, 3.05) is 25.7 Å². The molecule has 0 fully saturated rings. The number of benzene rings is 1. The van der Waals surface area contributed by atoms with E-state index in [4.69, 9.17) is 14.9 Å². The van der Waals surface area contributed by atoms with E-state index in [2.05, 4.69) is 25.8 Å². The van der Waals surface area contributed by atoms with E-state index in [1.54, 1.807) is 25.2 Å². The standard InChI is InChI=1S/C19H23N3O3S/c1-19(2,3)15-10-26-18(21-15)16-14(23)9-22(17(16)20)11-6-12(24-4)8-13(7-11)25-5/h6-8,10,20,23H,9H2,1-5H3. The fourth-order valence-corrected chi connectivity index (χ4v) is 3.82. The van der Waals surface area contributed by atoms with Crippen molar-refractivity contribution in [1.29, 1.82) is 5.41 Å². The maximum absolute atomic E-state index is 10.5. The molecule has 26 heavy (non-hydrogen) atoms. The number of aliphatic hydroxyl groups excluding tert-OH is 1. The van der Waals surface area contributed by atoms with Crippen LogP contribution in [-0.4, -0.2) is 36.7 Å². The van der Waals surface area contributed by atoms with Crippen LogP contribution in [0.1, 0.15) is 31.5 Å². The lowest BCUT2D eigenvalue weighted by Gasteiger charge is -2.20. The summed E-state index contributed by atoms with van der Waals surface area (Å²) in [5.74, 6) is 1.62. The Hall–Kier alpha value is -2.54. The normalized spacial score (nSPS) is 15.0. The minimum Gasteiger partial charge on any atom is -0.510 e. The van der Waals surface area contributed by atoms with Crippen LogP contribution in [0.3, 0.4) is 0 Å². The predicted molar refractivity (Wildman–Crippen MR) is 105 cm³/mol. The van der Waals surface area contributed by atoms with Crippen molar-refractivity contribution in [3.05, 3.63) is 40.0 Å². The second kappa shape index (κ2) is 6.64. The lowest BCUT2D eigenvalue weighted by Crippen LogP contribution is -2.26. The summed E-state index contributed by atoms with van der Waals surface area (Å²) in [6.07, 6.45) is 0. The maximum Gasteiger partial charge on any atom is 0.139 e. The van der Waals surface area contributed by atoms with Gasteiger partial charge in [-0.25, -0.2) is 4.98 Å². The number of ether oxygens (including phenoxy) is 2. The monoisotopic (exact) mass is 373 g/mol. The van der Waals surface area contributed by atoms with E-state index < -0.39 is 0 Å². The molecule has 2 N–H and O–H groups in total. The van der Waals surface area contributed by atoms with E-state index in [9.17, 15) is 5.11 Å². The number of nitrogens with zero attached hydrogens (tertiary/aromatic N) is 2. The molecular weight excluding hydrogens is 350 g/mol. The number of thiazole rings is 1. The summed E-state index contributed by atoms with van der Waals surface area (Å²) in [6, 6.07) is 5.40. The highest BCUT2D eigenvalue weighted by Crippen LogP contribution is 2.37. The lowest BCUT2D eigenvalue weighted by molar-refractivity contribution is 0.394. The molecule has 0 atom stereocenters. The highest BCUT2D eigenvalue weighted by Gasteiger charge is 2.32. The van der Waals surface area contributed by atoms with Gasteiger partial charge in [-0.15, -0.1) is 11.3 Å². The van der Waals surface area contributed by atoms with E-state index >= 15 is 0 Å². The molecule has 1 aromatic heterocycles. The van der Waals surface area contributed by atoms with Crippen LogP contribution in [0.15, 0.2) is 29.3 Å². The van der Waals surface area contributed by atoms with Crippen LogP contribution in [-0.2, 0) is 5.41 Å². The zero-order chi connectivity index (χ0) is 19.1. The second-order valence-corrected chi connectivity index (χ2v) is 7.97. The first kappa shape index (κ1) is 18.3. The van der Waals surface area contributed by atoms with Crippen molar-refractivity contribution in [3.8, 4) is 11.5 Å². The third-order valence-corrected chi connectivity index (χ3v) is 5.10. The summed E-state index contributed by atoms with van der Waals surface area (Å²) in [4.78, 5) is 6.36. The Bertz CT molecular complexity index is 858. The first-order valence-electron chi connectivity index (χ1n) is 8.22. The van der Waals surface area contributed by atoms with Gasteiger partial charge in [-0.05, 0) is 0 Å². The quantitative estimate of drug-likeness (QED) is 0.839. The smallest absolute Gasteiger partial charge is 0.139 e. The minimum absolute atomic E-state index is 0.0778. The number of hydrogen-bond donors (Lipinski definition) is 2. The molecule has 0 amide bonds. The Labute approximate surface area is 157 Å². The van der Waals surface area contributed by atoms with Gasteiger partial charge < -0.3 is 19.5 Å². The highest BCUT2D eigenvalue weighted by atomic mass is 32.1. The van der Waals surface area contributed by atoms with Gasteiger partial charge in [-0.3, -0.25) is 5.41 Å². The highest BCUT2D eigenvalue weighted by molar-refractivity contribution is 7.11. The first-order chi connectivity index (χ1) is 12.2. The number of nitrogens with one attached hydrogen (secondary N) is 1. The van der Waals surface area contributed by atoms with Crippen molar-refractivity contribution in [2.24, 2.45) is 0 Å². The third-order valence-electron chi connectivity index (χ3n) is 4.24. The van der Waals surface area contributed by atoms with Gasteiger partial charge in [-0.1, -0.05) is 20.8 Å². The number of rotatable bonds is 4. The van der Waals surface area contributed by atoms with E-state index in [-0.39, 0.29) is 23.6 Å². The molecule has 0 saturated carbocycles. The van der Waals surface area contributed by atoms with Crippen molar-refractivity contribution in [1.82, 2.24) is 4.98 Å². The van der Waals surface area contributed by atoms with Gasteiger partial charge in [0.25, 0.3) is 0 Å². The lowest BCUT2D eigenvalue weighted by atomic mass is 9.93. The number of aliphatic hydroxyl groups is 1. The van der Waals surface area contributed by atoms with Gasteiger partial charge in [0, 0.05) is 29.0 Å². The SMILES string of the molecule is COc1cc(OC)cc(N2CC(O)=C(c3nc(C(C)(C)C)cs3)C2=N)c1. The first-order valence-corrected chi connectivity index (χ1v) is 9.10. The van der Waals surface area contributed by atoms with Crippen molar-refractivity contribution in [2.45, 2.75) is 26.2 Å². The summed E-state index contributed by atoms with van der Waals surface area (Å²) >= 11 is 1.45. The van der Waals surface area contributed by atoms with Crippen LogP contribution < -0.4 is 14.4 Å². The van der Waals surface area contributed by atoms with Crippen molar-refractivity contribution < 1.29 is 14.6 Å². The molecular formula is C19H23N3O3S. The van der Waals surface area contributed by atoms with Gasteiger partial charge in [0.15, 0.2) is 0 Å². The number of anilines is 1. The van der Waals surface area contributed by atoms with Crippen LogP contribution in [0.4, 0.5) is 5.69 Å². The molecule has 138 valence electrons. The molecule has 7 heteroatoms. The van der Waals surface area contributed by atoms with Crippen LogP contribution >= 0.6 is 11.3 Å². The third kappa shape index (κ3) is 3.26. The molecule has 0 radical (unpaired) electrons. The largest absolute Gasteiger partial charge is 0.510 e. The van der Waals surface area contributed by atoms with Gasteiger partial charge >= 0.3 is 0 Å². The van der Waals surface area contributed by atoms with Crippen LogP contribution in [0.2, 0.25) is 0 Å². The molecule has 2 heterocycles. The Morgan fingerprint density at radius 2 is 1.77 bits per heavy atom. The minimum atomic E-state index is -0.0778. The number of aromatic nitrogens is 1. The van der Waals surface area contributed by atoms with E-state index in [1.165, 1.54) is 11.3 Å². The zero-order valence-corrected chi connectivity index (χ0v) is 16.4. The molecule has 0 aliphatic carbocycles. The molecule has 0 bridgehead atoms. The fraction of sp³-hybridized carbons (Fsp3) is 0.368. The van der Waals surface area contributed by atoms with Crippen LogP contribution in [0, 0.1) is 5.41 Å². The summed E-state index contributed by atoms with van der Waals surface area (Å²) in [6.45, 7) is 6.49. The van der Waals surface area contributed by atoms with E-state index in [1.807, 2.05) is 17.5 Å². The molecule has 3 rings (SSSR count). The van der Waals surface area contributed by atoms with Crippen molar-refractivity contribution in [3.63, 3.8) is 0 Å². The Morgan fingerprint density at radius 3 is 2.27 bits per heavy atom. The van der Waals surface area contributed by atoms with Gasteiger partial charge in [0.2, 0.25) is 0 Å². The molecule has 0 unspecified atom stereocenters. The zero-order valence-electron chi connectivity index (χ0n) is 15.6. The van der Waals surface area contributed by atoms with E-state index in [0.717, 1.165) is 11.4 Å². The number of hydrogen-bond acceptors (Lipinski definition) is 6. The Balaban J connectivity index is 1.95. The summed E-state index contributed by atoms with van der Waals surface area (Å²) in [5.41, 5.74) is 2.07. The average Bonchev–Trinajstić information content (AvgIpc) is 3.18. The molecule has 1 aromatic carbocycles. The molecule has 2 aromatic rings. The summed E-state index contributed by atoms with van der Waals surface area (Å²) in [5, 5.41) is 21.7. The van der Waals surface area contributed by atoms with Gasteiger partial charge in [0.05, 0.1) is 37.7 Å². The van der Waals surface area contributed by atoms with Gasteiger partial charge in [-0.2, -0.15) is 0 Å². The van der Waals surface area contributed by atoms with E-state index in [0.29, 0.717) is 22.1 Å².